The summed E-state index contributed by atoms with van der Waals surface area (Å²) in [4.78, 5) is 14.6. The Labute approximate surface area is 134 Å². The van der Waals surface area contributed by atoms with Gasteiger partial charge in [-0.1, -0.05) is 12.1 Å². The molecule has 0 saturated carbocycles. The third-order valence-electron chi connectivity index (χ3n) is 3.72. The lowest BCUT2D eigenvalue weighted by atomic mass is 10.0. The van der Waals surface area contributed by atoms with Gasteiger partial charge in [-0.05, 0) is 55.0 Å². The van der Waals surface area contributed by atoms with E-state index in [-0.39, 0.29) is 24.4 Å². The van der Waals surface area contributed by atoms with Gasteiger partial charge in [0.15, 0.2) is 0 Å². The summed E-state index contributed by atoms with van der Waals surface area (Å²) in [5, 5.41) is 3.40. The molecule has 0 radical (unpaired) electrons. The van der Waals surface area contributed by atoms with Crippen LogP contribution in [0.2, 0.25) is 0 Å². The number of halogens is 2. The molecule has 1 fully saturated rings. The standard InChI is InChI=1S/C14H19IN2O.ClH/c1-9-5-4-6-12(13(9)15)14(18)17-8-7-16-10(2)11(17)3;/h4-6,10-11,16H,7-8H2,1-3H3;1H. The second-order valence-electron chi connectivity index (χ2n) is 4.92. The Morgan fingerprint density at radius 2 is 2.11 bits per heavy atom. The average Bonchev–Trinajstić information content (AvgIpc) is 2.35. The Balaban J connectivity index is 0.00000180. The van der Waals surface area contributed by atoms with Gasteiger partial charge in [-0.25, -0.2) is 0 Å². The predicted molar refractivity (Wildman–Crippen MR) is 89.1 cm³/mol. The lowest BCUT2D eigenvalue weighted by Gasteiger charge is -2.38. The van der Waals surface area contributed by atoms with E-state index >= 15 is 0 Å². The molecule has 19 heavy (non-hydrogen) atoms. The first kappa shape index (κ1) is 16.7. The van der Waals surface area contributed by atoms with E-state index in [0.717, 1.165) is 27.8 Å². The van der Waals surface area contributed by atoms with E-state index in [1.54, 1.807) is 0 Å². The number of rotatable bonds is 1. The zero-order valence-electron chi connectivity index (χ0n) is 11.4. The van der Waals surface area contributed by atoms with E-state index in [1.165, 1.54) is 0 Å². The van der Waals surface area contributed by atoms with Gasteiger partial charge in [-0.2, -0.15) is 0 Å². The molecular weight excluding hydrogens is 375 g/mol. The van der Waals surface area contributed by atoms with Gasteiger partial charge in [0.05, 0.1) is 5.56 Å². The molecule has 1 heterocycles. The van der Waals surface area contributed by atoms with Crippen LogP contribution in [0, 0.1) is 10.5 Å². The Morgan fingerprint density at radius 3 is 2.79 bits per heavy atom. The summed E-state index contributed by atoms with van der Waals surface area (Å²) < 4.78 is 1.07. The lowest BCUT2D eigenvalue weighted by Crippen LogP contribution is -2.57. The third-order valence-corrected chi connectivity index (χ3v) is 5.15. The minimum absolute atomic E-state index is 0. The smallest absolute Gasteiger partial charge is 0.255 e. The summed E-state index contributed by atoms with van der Waals surface area (Å²) in [6.07, 6.45) is 0. The number of benzene rings is 1. The number of hydrogen-bond acceptors (Lipinski definition) is 2. The van der Waals surface area contributed by atoms with Gasteiger partial charge in [-0.3, -0.25) is 4.79 Å². The minimum Gasteiger partial charge on any atom is -0.333 e. The number of hydrogen-bond donors (Lipinski definition) is 1. The van der Waals surface area contributed by atoms with Crippen LogP contribution < -0.4 is 5.32 Å². The van der Waals surface area contributed by atoms with Crippen molar-refractivity contribution < 1.29 is 4.79 Å². The van der Waals surface area contributed by atoms with Crippen LogP contribution in [0.15, 0.2) is 18.2 Å². The number of nitrogens with one attached hydrogen (secondary N) is 1. The van der Waals surface area contributed by atoms with Crippen LogP contribution in [0.3, 0.4) is 0 Å². The zero-order chi connectivity index (χ0) is 13.3. The van der Waals surface area contributed by atoms with Crippen LogP contribution in [0.1, 0.15) is 29.8 Å². The Hall–Kier alpha value is -0.330. The number of nitrogens with zero attached hydrogens (tertiary/aromatic N) is 1. The van der Waals surface area contributed by atoms with Crippen molar-refractivity contribution in [1.29, 1.82) is 0 Å². The normalized spacial score (nSPS) is 22.8. The molecule has 1 aromatic rings. The Morgan fingerprint density at radius 1 is 1.42 bits per heavy atom. The van der Waals surface area contributed by atoms with E-state index in [0.29, 0.717) is 6.04 Å². The molecule has 3 nitrogen and oxygen atoms in total. The summed E-state index contributed by atoms with van der Waals surface area (Å²) >= 11 is 2.27. The first-order valence-electron chi connectivity index (χ1n) is 6.32. The van der Waals surface area contributed by atoms with Gasteiger partial charge in [0.1, 0.15) is 0 Å². The first-order chi connectivity index (χ1) is 8.52. The van der Waals surface area contributed by atoms with E-state index in [9.17, 15) is 4.79 Å². The fraction of sp³-hybridized carbons (Fsp3) is 0.500. The molecule has 1 amide bonds. The number of amides is 1. The van der Waals surface area contributed by atoms with Crippen molar-refractivity contribution in [2.45, 2.75) is 32.9 Å². The van der Waals surface area contributed by atoms with Crippen LogP contribution >= 0.6 is 35.0 Å². The molecule has 2 rings (SSSR count). The molecular formula is C14H20ClIN2O. The molecule has 1 saturated heterocycles. The maximum Gasteiger partial charge on any atom is 0.255 e. The first-order valence-corrected chi connectivity index (χ1v) is 7.39. The highest BCUT2D eigenvalue weighted by Gasteiger charge is 2.29. The molecule has 106 valence electrons. The summed E-state index contributed by atoms with van der Waals surface area (Å²) in [5.74, 6) is 0.156. The summed E-state index contributed by atoms with van der Waals surface area (Å²) in [6.45, 7) is 7.94. The highest BCUT2D eigenvalue weighted by Crippen LogP contribution is 2.20. The highest BCUT2D eigenvalue weighted by molar-refractivity contribution is 14.1. The van der Waals surface area contributed by atoms with Crippen LogP contribution in [0.4, 0.5) is 0 Å². The summed E-state index contributed by atoms with van der Waals surface area (Å²) in [6, 6.07) is 6.52. The SMILES string of the molecule is Cc1cccc(C(=O)N2CCNC(C)C2C)c1I.Cl. The van der Waals surface area contributed by atoms with E-state index < -0.39 is 0 Å². The van der Waals surface area contributed by atoms with Crippen molar-refractivity contribution in [1.82, 2.24) is 10.2 Å². The second kappa shape index (κ2) is 6.90. The monoisotopic (exact) mass is 394 g/mol. The van der Waals surface area contributed by atoms with Gasteiger partial charge < -0.3 is 10.2 Å². The molecule has 2 unspecified atom stereocenters. The van der Waals surface area contributed by atoms with Crippen LogP contribution in [0.25, 0.3) is 0 Å². The van der Waals surface area contributed by atoms with Gasteiger partial charge in [0, 0.05) is 28.7 Å². The molecule has 1 N–H and O–H groups in total. The van der Waals surface area contributed by atoms with Crippen molar-refractivity contribution in [3.8, 4) is 0 Å². The van der Waals surface area contributed by atoms with Gasteiger partial charge >= 0.3 is 0 Å². The molecule has 0 aromatic heterocycles. The maximum atomic E-state index is 12.6. The lowest BCUT2D eigenvalue weighted by molar-refractivity contribution is 0.0601. The summed E-state index contributed by atoms with van der Waals surface area (Å²) in [5.41, 5.74) is 1.99. The Bertz CT molecular complexity index is 467. The molecule has 1 aromatic carbocycles. The predicted octanol–water partition coefficient (Wildman–Crippen LogP) is 2.84. The number of piperazine rings is 1. The number of carbonyl (C=O) groups excluding carboxylic acids is 1. The fourth-order valence-corrected chi connectivity index (χ4v) is 2.90. The quantitative estimate of drug-likeness (QED) is 0.743. The van der Waals surface area contributed by atoms with Gasteiger partial charge in [0.25, 0.3) is 5.91 Å². The fourth-order valence-electron chi connectivity index (χ4n) is 2.31. The van der Waals surface area contributed by atoms with Crippen molar-refractivity contribution in [2.24, 2.45) is 0 Å². The van der Waals surface area contributed by atoms with Crippen LogP contribution in [-0.4, -0.2) is 36.0 Å². The molecule has 5 heteroatoms. The van der Waals surface area contributed by atoms with Crippen molar-refractivity contribution in [3.63, 3.8) is 0 Å². The Kier molecular flexibility index (Phi) is 6.08. The van der Waals surface area contributed by atoms with E-state index in [2.05, 4.69) is 41.8 Å². The zero-order valence-corrected chi connectivity index (χ0v) is 14.4. The molecule has 1 aliphatic heterocycles. The van der Waals surface area contributed by atoms with E-state index in [4.69, 9.17) is 0 Å². The van der Waals surface area contributed by atoms with Crippen molar-refractivity contribution in [2.75, 3.05) is 13.1 Å². The molecule has 1 aliphatic rings. The largest absolute Gasteiger partial charge is 0.333 e. The number of carbonyl (C=O) groups is 1. The highest BCUT2D eigenvalue weighted by atomic mass is 127. The van der Waals surface area contributed by atoms with E-state index in [1.807, 2.05) is 30.0 Å². The van der Waals surface area contributed by atoms with Gasteiger partial charge in [-0.15, -0.1) is 12.4 Å². The van der Waals surface area contributed by atoms with Crippen molar-refractivity contribution in [3.05, 3.63) is 32.9 Å². The summed E-state index contributed by atoms with van der Waals surface area (Å²) in [7, 11) is 0. The minimum atomic E-state index is 0. The third kappa shape index (κ3) is 3.41. The van der Waals surface area contributed by atoms with Gasteiger partial charge in [0.2, 0.25) is 0 Å². The maximum absolute atomic E-state index is 12.6. The van der Waals surface area contributed by atoms with Crippen LogP contribution in [-0.2, 0) is 0 Å². The molecule has 2 atom stereocenters. The average molecular weight is 395 g/mol. The number of aryl methyl sites for hydroxylation is 1. The topological polar surface area (TPSA) is 32.3 Å². The molecule has 0 spiro atoms. The second-order valence-corrected chi connectivity index (χ2v) is 6.00. The molecule has 0 bridgehead atoms. The van der Waals surface area contributed by atoms with Crippen LogP contribution in [0.5, 0.6) is 0 Å². The van der Waals surface area contributed by atoms with Crippen molar-refractivity contribution >= 4 is 40.9 Å². The molecule has 0 aliphatic carbocycles.